The van der Waals surface area contributed by atoms with Crippen LogP contribution in [-0.4, -0.2) is 32.1 Å². The first-order chi connectivity index (χ1) is 15.4. The van der Waals surface area contributed by atoms with Gasteiger partial charge in [0, 0.05) is 21.8 Å². The van der Waals surface area contributed by atoms with Crippen LogP contribution in [0.25, 0.3) is 5.78 Å². The van der Waals surface area contributed by atoms with E-state index in [9.17, 15) is 9.59 Å². The van der Waals surface area contributed by atoms with Gasteiger partial charge < -0.3 is 4.74 Å². The van der Waals surface area contributed by atoms with Gasteiger partial charge in [0.15, 0.2) is 0 Å². The number of halogens is 1. The van der Waals surface area contributed by atoms with Gasteiger partial charge in [-0.05, 0) is 56.7 Å². The van der Waals surface area contributed by atoms with Crippen molar-refractivity contribution in [3.05, 3.63) is 86.3 Å². The Morgan fingerprint density at radius 1 is 1.16 bits per heavy atom. The summed E-state index contributed by atoms with van der Waals surface area (Å²) in [6.45, 7) is 6.15. The van der Waals surface area contributed by atoms with Gasteiger partial charge in [0.1, 0.15) is 5.75 Å². The van der Waals surface area contributed by atoms with Crippen molar-refractivity contribution < 1.29 is 9.53 Å². The Hall–Kier alpha value is -3.65. The van der Waals surface area contributed by atoms with Crippen LogP contribution >= 0.6 is 11.6 Å². The zero-order valence-corrected chi connectivity index (χ0v) is 18.7. The smallest absolute Gasteiger partial charge is 0.277 e. The van der Waals surface area contributed by atoms with E-state index in [-0.39, 0.29) is 29.7 Å². The summed E-state index contributed by atoms with van der Waals surface area (Å²) < 4.78 is 6.74. The number of aromatic amines is 1. The van der Waals surface area contributed by atoms with Crippen LogP contribution in [0.2, 0.25) is 5.02 Å². The van der Waals surface area contributed by atoms with Gasteiger partial charge in [0.05, 0.1) is 13.2 Å². The normalized spacial score (nSPS) is 11.0. The average Bonchev–Trinajstić information content (AvgIpc) is 3.20. The number of hydrogen-bond donors (Lipinski definition) is 1. The molecule has 1 N–H and O–H groups in total. The number of benzene rings is 2. The third-order valence-electron chi connectivity index (χ3n) is 5.10. The molecule has 0 aliphatic rings. The highest BCUT2D eigenvalue weighted by molar-refractivity contribution is 6.31. The minimum absolute atomic E-state index is 0.198. The van der Waals surface area contributed by atoms with E-state index in [1.807, 2.05) is 31.2 Å². The number of amides is 1. The minimum Gasteiger partial charge on any atom is -0.494 e. The standard InChI is InChI=1S/C23H22ClN5O3/c1-4-32-19-10-8-16(9-11-19)13-28(21(31)17-6-5-7-18(24)12-17)23-26-22-25-15(3)14(2)20(30)29(22)27-23/h5-12H,4,13H2,1-3H3,(H,25,26,27). The molecule has 0 saturated carbocycles. The summed E-state index contributed by atoms with van der Waals surface area (Å²) in [7, 11) is 0. The van der Waals surface area contributed by atoms with Crippen molar-refractivity contribution in [3.63, 3.8) is 0 Å². The van der Waals surface area contributed by atoms with Crippen LogP contribution in [0.15, 0.2) is 53.3 Å². The lowest BCUT2D eigenvalue weighted by Crippen LogP contribution is -2.31. The third-order valence-corrected chi connectivity index (χ3v) is 5.33. The quantitative estimate of drug-likeness (QED) is 0.479. The molecule has 8 nitrogen and oxygen atoms in total. The lowest BCUT2D eigenvalue weighted by molar-refractivity contribution is 0.0983. The van der Waals surface area contributed by atoms with Crippen molar-refractivity contribution in [2.24, 2.45) is 0 Å². The third kappa shape index (κ3) is 4.22. The van der Waals surface area contributed by atoms with Crippen molar-refractivity contribution in [3.8, 4) is 5.75 Å². The summed E-state index contributed by atoms with van der Waals surface area (Å²) >= 11 is 6.10. The fourth-order valence-corrected chi connectivity index (χ4v) is 3.46. The predicted octanol–water partition coefficient (Wildman–Crippen LogP) is 3.93. The van der Waals surface area contributed by atoms with E-state index in [0.717, 1.165) is 11.3 Å². The Morgan fingerprint density at radius 2 is 1.91 bits per heavy atom. The molecular weight excluding hydrogens is 430 g/mol. The number of hydrogen-bond acceptors (Lipinski definition) is 5. The van der Waals surface area contributed by atoms with Crippen molar-refractivity contribution in [2.75, 3.05) is 11.5 Å². The van der Waals surface area contributed by atoms with Crippen LogP contribution in [0.3, 0.4) is 0 Å². The number of aromatic nitrogens is 4. The Bertz CT molecular complexity index is 1340. The SMILES string of the molecule is CCOc1ccc(CN(C(=O)c2cccc(Cl)c2)c2nc3nc(C)c(C)c(=O)n3[nH]2)cc1. The summed E-state index contributed by atoms with van der Waals surface area (Å²) in [5.41, 5.74) is 2.10. The second-order valence-electron chi connectivity index (χ2n) is 7.29. The zero-order valence-electron chi connectivity index (χ0n) is 17.9. The zero-order chi connectivity index (χ0) is 22.8. The molecule has 2 aromatic heterocycles. The Balaban J connectivity index is 1.78. The van der Waals surface area contributed by atoms with Crippen LogP contribution in [-0.2, 0) is 6.54 Å². The molecule has 9 heteroatoms. The van der Waals surface area contributed by atoms with E-state index in [0.29, 0.717) is 28.5 Å². The van der Waals surface area contributed by atoms with Gasteiger partial charge in [-0.2, -0.15) is 9.50 Å². The second kappa shape index (κ2) is 8.84. The maximum atomic E-state index is 13.4. The highest BCUT2D eigenvalue weighted by Crippen LogP contribution is 2.21. The van der Waals surface area contributed by atoms with Gasteiger partial charge in [0.25, 0.3) is 17.2 Å². The average molecular weight is 452 g/mol. The summed E-state index contributed by atoms with van der Waals surface area (Å²) in [6.07, 6.45) is 0. The first-order valence-corrected chi connectivity index (χ1v) is 10.5. The van der Waals surface area contributed by atoms with Crippen molar-refractivity contribution in [2.45, 2.75) is 27.3 Å². The van der Waals surface area contributed by atoms with E-state index in [1.54, 1.807) is 38.1 Å². The Labute approximate surface area is 189 Å². The maximum absolute atomic E-state index is 13.4. The molecule has 0 aliphatic carbocycles. The molecule has 0 aliphatic heterocycles. The molecule has 0 spiro atoms. The van der Waals surface area contributed by atoms with E-state index in [2.05, 4.69) is 15.1 Å². The lowest BCUT2D eigenvalue weighted by Gasteiger charge is -2.20. The van der Waals surface area contributed by atoms with E-state index in [4.69, 9.17) is 16.3 Å². The fraction of sp³-hybridized carbons (Fsp3) is 0.217. The van der Waals surface area contributed by atoms with Gasteiger partial charge in [-0.3, -0.25) is 19.6 Å². The molecule has 2 heterocycles. The molecule has 1 amide bonds. The molecule has 4 aromatic rings. The summed E-state index contributed by atoms with van der Waals surface area (Å²) in [5, 5.41) is 3.38. The van der Waals surface area contributed by atoms with Crippen LogP contribution in [0, 0.1) is 13.8 Å². The molecule has 0 unspecified atom stereocenters. The lowest BCUT2D eigenvalue weighted by atomic mass is 10.1. The number of H-pyrrole nitrogens is 1. The monoisotopic (exact) mass is 451 g/mol. The van der Waals surface area contributed by atoms with Crippen molar-refractivity contribution in [1.29, 1.82) is 0 Å². The highest BCUT2D eigenvalue weighted by atomic mass is 35.5. The molecule has 0 atom stereocenters. The number of nitrogens with zero attached hydrogens (tertiary/aromatic N) is 4. The molecule has 32 heavy (non-hydrogen) atoms. The summed E-state index contributed by atoms with van der Waals surface area (Å²) in [6, 6.07) is 14.1. The number of carbonyl (C=O) groups excluding carboxylic acids is 1. The fourth-order valence-electron chi connectivity index (χ4n) is 3.27. The molecule has 0 radical (unpaired) electrons. The second-order valence-corrected chi connectivity index (χ2v) is 7.73. The van der Waals surface area contributed by atoms with Gasteiger partial charge >= 0.3 is 0 Å². The van der Waals surface area contributed by atoms with E-state index < -0.39 is 0 Å². The highest BCUT2D eigenvalue weighted by Gasteiger charge is 2.23. The van der Waals surface area contributed by atoms with E-state index >= 15 is 0 Å². The van der Waals surface area contributed by atoms with Crippen LogP contribution in [0.5, 0.6) is 5.75 Å². The van der Waals surface area contributed by atoms with Crippen molar-refractivity contribution >= 4 is 29.2 Å². The topological polar surface area (TPSA) is 92.6 Å². The number of nitrogens with one attached hydrogen (secondary N) is 1. The van der Waals surface area contributed by atoms with Gasteiger partial charge in [-0.25, -0.2) is 4.98 Å². The first-order valence-electron chi connectivity index (χ1n) is 10.1. The number of fused-ring (bicyclic) bond motifs is 1. The number of aryl methyl sites for hydroxylation is 1. The number of rotatable bonds is 6. The maximum Gasteiger partial charge on any atom is 0.277 e. The van der Waals surface area contributed by atoms with Crippen LogP contribution in [0.4, 0.5) is 5.95 Å². The number of carbonyl (C=O) groups is 1. The molecule has 4 rings (SSSR count). The number of anilines is 1. The molecule has 164 valence electrons. The van der Waals surface area contributed by atoms with E-state index in [1.165, 1.54) is 9.42 Å². The molecule has 0 saturated heterocycles. The minimum atomic E-state index is -0.318. The predicted molar refractivity (Wildman–Crippen MR) is 123 cm³/mol. The first kappa shape index (κ1) is 21.6. The Morgan fingerprint density at radius 3 is 2.59 bits per heavy atom. The molecule has 0 bridgehead atoms. The number of ether oxygens (including phenoxy) is 1. The molecular formula is C23H22ClN5O3. The van der Waals surface area contributed by atoms with Gasteiger partial charge in [-0.1, -0.05) is 29.8 Å². The molecule has 0 fully saturated rings. The molecule has 2 aromatic carbocycles. The summed E-state index contributed by atoms with van der Waals surface area (Å²) in [4.78, 5) is 36.3. The van der Waals surface area contributed by atoms with Gasteiger partial charge in [-0.15, -0.1) is 0 Å². The van der Waals surface area contributed by atoms with Crippen molar-refractivity contribution in [1.82, 2.24) is 19.6 Å². The van der Waals surface area contributed by atoms with Gasteiger partial charge in [0.2, 0.25) is 5.95 Å². The summed E-state index contributed by atoms with van der Waals surface area (Å²) in [5.74, 6) is 0.832. The van der Waals surface area contributed by atoms with Crippen LogP contribution < -0.4 is 15.2 Å². The van der Waals surface area contributed by atoms with Crippen LogP contribution in [0.1, 0.15) is 34.1 Å². The Kier molecular flexibility index (Phi) is 5.96. The largest absolute Gasteiger partial charge is 0.494 e.